The lowest BCUT2D eigenvalue weighted by Crippen LogP contribution is -2.32. The predicted molar refractivity (Wildman–Crippen MR) is 106 cm³/mol. The molecule has 0 atom stereocenters. The fourth-order valence-electron chi connectivity index (χ4n) is 2.98. The quantitative estimate of drug-likeness (QED) is 0.450. The Kier molecular flexibility index (Phi) is 6.32. The molecule has 0 spiro atoms. The molecular weight excluding hydrogens is 382 g/mol. The third-order valence-electron chi connectivity index (χ3n) is 4.46. The van der Waals surface area contributed by atoms with Crippen LogP contribution < -0.4 is 5.43 Å². The third kappa shape index (κ3) is 4.70. The zero-order valence-electron chi connectivity index (χ0n) is 15.2. The molecule has 1 fully saturated rings. The number of non-ortho nitro benzene ring substituents is 1. The molecule has 0 saturated carbocycles. The molecule has 1 saturated heterocycles. The highest BCUT2D eigenvalue weighted by Gasteiger charge is 2.29. The second-order valence-corrected chi connectivity index (χ2v) is 8.31. The van der Waals surface area contributed by atoms with Gasteiger partial charge in [-0.2, -0.15) is 9.41 Å². The summed E-state index contributed by atoms with van der Waals surface area (Å²) >= 11 is 0. The van der Waals surface area contributed by atoms with Gasteiger partial charge in [-0.1, -0.05) is 12.8 Å². The normalized spacial score (nSPS) is 16.0. The molecule has 2 heterocycles. The molecule has 1 aliphatic rings. The highest BCUT2D eigenvalue weighted by Crippen LogP contribution is 2.30. The van der Waals surface area contributed by atoms with E-state index in [1.165, 1.54) is 22.7 Å². The molecular formula is C18H21N5O4S. The van der Waals surface area contributed by atoms with E-state index in [1.807, 2.05) is 0 Å². The van der Waals surface area contributed by atoms with Crippen molar-refractivity contribution >= 4 is 27.6 Å². The summed E-state index contributed by atoms with van der Waals surface area (Å²) in [4.78, 5) is 14.3. The molecule has 0 bridgehead atoms. The van der Waals surface area contributed by atoms with Gasteiger partial charge in [-0.15, -0.1) is 0 Å². The zero-order valence-corrected chi connectivity index (χ0v) is 16.0. The SMILES string of the molecule is O=[N+]([O-])c1ccc(NN=Cc2ccncc2)c(S(=O)(=O)N2CCCCCC2)c1. The zero-order chi connectivity index (χ0) is 20.0. The summed E-state index contributed by atoms with van der Waals surface area (Å²) in [7, 11) is -3.88. The summed E-state index contributed by atoms with van der Waals surface area (Å²) in [6, 6.07) is 7.20. The van der Waals surface area contributed by atoms with E-state index in [9.17, 15) is 18.5 Å². The molecule has 2 aromatic rings. The van der Waals surface area contributed by atoms with Crippen LogP contribution in [0.3, 0.4) is 0 Å². The van der Waals surface area contributed by atoms with Gasteiger partial charge in [0.1, 0.15) is 4.90 Å². The van der Waals surface area contributed by atoms with Crippen LogP contribution in [0.2, 0.25) is 0 Å². The monoisotopic (exact) mass is 403 g/mol. The number of nitro groups is 1. The summed E-state index contributed by atoms with van der Waals surface area (Å²) in [6.07, 6.45) is 8.25. The van der Waals surface area contributed by atoms with Gasteiger partial charge in [0.25, 0.3) is 5.69 Å². The molecule has 0 aliphatic carbocycles. The number of nitrogens with zero attached hydrogens (tertiary/aromatic N) is 4. The molecule has 1 aromatic heterocycles. The van der Waals surface area contributed by atoms with Crippen LogP contribution in [0, 0.1) is 10.1 Å². The second-order valence-electron chi connectivity index (χ2n) is 6.41. The van der Waals surface area contributed by atoms with Gasteiger partial charge in [0.15, 0.2) is 0 Å². The second kappa shape index (κ2) is 8.89. The van der Waals surface area contributed by atoms with E-state index in [1.54, 1.807) is 24.5 Å². The first kappa shape index (κ1) is 19.9. The van der Waals surface area contributed by atoms with Gasteiger partial charge in [-0.05, 0) is 36.6 Å². The van der Waals surface area contributed by atoms with Crippen LogP contribution in [0.15, 0.2) is 52.7 Å². The summed E-state index contributed by atoms with van der Waals surface area (Å²) in [5.41, 5.74) is 3.40. The molecule has 148 valence electrons. The summed E-state index contributed by atoms with van der Waals surface area (Å²) in [6.45, 7) is 0.815. The Labute approximate surface area is 163 Å². The number of rotatable bonds is 6. The topological polar surface area (TPSA) is 118 Å². The fraction of sp³-hybridized carbons (Fsp3) is 0.333. The van der Waals surface area contributed by atoms with Crippen molar-refractivity contribution < 1.29 is 13.3 Å². The van der Waals surface area contributed by atoms with Crippen molar-refractivity contribution in [3.05, 3.63) is 58.4 Å². The van der Waals surface area contributed by atoms with Gasteiger partial charge in [0, 0.05) is 37.6 Å². The largest absolute Gasteiger partial charge is 0.277 e. The standard InChI is InChI=1S/C18H21N5O4S/c24-23(25)16-5-6-17(21-20-14-15-7-9-19-10-8-15)18(13-16)28(26,27)22-11-3-1-2-4-12-22/h5-10,13-14,21H,1-4,11-12H2. The summed E-state index contributed by atoms with van der Waals surface area (Å²) in [5, 5.41) is 15.2. The molecule has 0 unspecified atom stereocenters. The number of nitro benzene ring substituents is 1. The number of sulfonamides is 1. The number of hydrogen-bond acceptors (Lipinski definition) is 7. The molecule has 1 aromatic carbocycles. The number of nitrogens with one attached hydrogen (secondary N) is 1. The number of benzene rings is 1. The molecule has 0 radical (unpaired) electrons. The average Bonchev–Trinajstić information content (AvgIpc) is 2.99. The Morgan fingerprint density at radius 3 is 2.43 bits per heavy atom. The first-order valence-corrected chi connectivity index (χ1v) is 10.4. The van der Waals surface area contributed by atoms with Crippen LogP contribution >= 0.6 is 0 Å². The fourth-order valence-corrected chi connectivity index (χ4v) is 4.66. The Morgan fingerprint density at radius 2 is 1.79 bits per heavy atom. The molecule has 9 nitrogen and oxygen atoms in total. The van der Waals surface area contributed by atoms with Crippen LogP contribution in [0.1, 0.15) is 31.2 Å². The van der Waals surface area contributed by atoms with E-state index in [0.29, 0.717) is 13.1 Å². The van der Waals surface area contributed by atoms with Crippen LogP contribution in [-0.4, -0.2) is 41.9 Å². The highest BCUT2D eigenvalue weighted by atomic mass is 32.2. The van der Waals surface area contributed by atoms with E-state index >= 15 is 0 Å². The van der Waals surface area contributed by atoms with Gasteiger partial charge >= 0.3 is 0 Å². The number of anilines is 1. The Balaban J connectivity index is 1.93. The molecule has 1 N–H and O–H groups in total. The minimum Gasteiger partial charge on any atom is -0.277 e. The van der Waals surface area contributed by atoms with Gasteiger partial charge in [-0.3, -0.25) is 20.5 Å². The number of hydrazone groups is 1. The van der Waals surface area contributed by atoms with Crippen LogP contribution in [0.25, 0.3) is 0 Å². The van der Waals surface area contributed by atoms with E-state index in [2.05, 4.69) is 15.5 Å². The van der Waals surface area contributed by atoms with Crippen molar-refractivity contribution in [3.8, 4) is 0 Å². The van der Waals surface area contributed by atoms with Crippen molar-refractivity contribution in [2.45, 2.75) is 30.6 Å². The molecule has 28 heavy (non-hydrogen) atoms. The van der Waals surface area contributed by atoms with Crippen molar-refractivity contribution in [2.24, 2.45) is 5.10 Å². The molecule has 1 aliphatic heterocycles. The van der Waals surface area contributed by atoms with E-state index in [0.717, 1.165) is 37.3 Å². The van der Waals surface area contributed by atoms with E-state index in [-0.39, 0.29) is 16.3 Å². The van der Waals surface area contributed by atoms with Gasteiger partial charge in [0.2, 0.25) is 10.0 Å². The molecule has 3 rings (SSSR count). The first-order chi connectivity index (χ1) is 13.5. The minimum atomic E-state index is -3.88. The van der Waals surface area contributed by atoms with Gasteiger partial charge in [-0.25, -0.2) is 8.42 Å². The van der Waals surface area contributed by atoms with Crippen LogP contribution in [0.4, 0.5) is 11.4 Å². The predicted octanol–water partition coefficient (Wildman–Crippen LogP) is 3.00. The van der Waals surface area contributed by atoms with Crippen molar-refractivity contribution in [1.29, 1.82) is 0 Å². The molecule has 0 amide bonds. The lowest BCUT2D eigenvalue weighted by molar-refractivity contribution is -0.385. The smallest absolute Gasteiger partial charge is 0.270 e. The lowest BCUT2D eigenvalue weighted by atomic mass is 10.2. The van der Waals surface area contributed by atoms with E-state index < -0.39 is 14.9 Å². The van der Waals surface area contributed by atoms with Crippen molar-refractivity contribution in [1.82, 2.24) is 9.29 Å². The maximum atomic E-state index is 13.2. The Morgan fingerprint density at radius 1 is 1.11 bits per heavy atom. The Bertz CT molecular complexity index is 955. The van der Waals surface area contributed by atoms with E-state index in [4.69, 9.17) is 0 Å². The lowest BCUT2D eigenvalue weighted by Gasteiger charge is -2.21. The Hall–Kier alpha value is -2.85. The van der Waals surface area contributed by atoms with Crippen LogP contribution in [-0.2, 0) is 10.0 Å². The summed E-state index contributed by atoms with van der Waals surface area (Å²) < 4.78 is 27.7. The number of aromatic nitrogens is 1. The van der Waals surface area contributed by atoms with Gasteiger partial charge < -0.3 is 0 Å². The summed E-state index contributed by atoms with van der Waals surface area (Å²) in [5.74, 6) is 0. The van der Waals surface area contributed by atoms with Crippen molar-refractivity contribution in [3.63, 3.8) is 0 Å². The molecule has 10 heteroatoms. The highest BCUT2D eigenvalue weighted by molar-refractivity contribution is 7.89. The first-order valence-electron chi connectivity index (χ1n) is 8.96. The van der Waals surface area contributed by atoms with Crippen LogP contribution in [0.5, 0.6) is 0 Å². The van der Waals surface area contributed by atoms with Gasteiger partial charge in [0.05, 0.1) is 16.8 Å². The number of pyridine rings is 1. The number of hydrogen-bond donors (Lipinski definition) is 1. The third-order valence-corrected chi connectivity index (χ3v) is 6.40. The average molecular weight is 403 g/mol. The van der Waals surface area contributed by atoms with Crippen molar-refractivity contribution in [2.75, 3.05) is 18.5 Å². The maximum absolute atomic E-state index is 13.2. The minimum absolute atomic E-state index is 0.143. The maximum Gasteiger partial charge on any atom is 0.270 e.